The summed E-state index contributed by atoms with van der Waals surface area (Å²) < 4.78 is 0. The molecule has 0 aromatic rings. The molecule has 0 bridgehead atoms. The number of hydrazine groups is 1. The minimum absolute atomic E-state index is 0.0530. The van der Waals surface area contributed by atoms with Crippen LogP contribution in [0.2, 0.25) is 0 Å². The fourth-order valence-electron chi connectivity index (χ4n) is 2.54. The molecular formula is C11H23N3O. The molecule has 88 valence electrons. The van der Waals surface area contributed by atoms with Gasteiger partial charge in [0.25, 0.3) is 0 Å². The van der Waals surface area contributed by atoms with E-state index in [0.29, 0.717) is 6.04 Å². The third kappa shape index (κ3) is 2.69. The van der Waals surface area contributed by atoms with Gasteiger partial charge in [0.15, 0.2) is 0 Å². The fourth-order valence-corrected chi connectivity index (χ4v) is 2.54. The molecule has 3 N–H and O–H groups in total. The van der Waals surface area contributed by atoms with Gasteiger partial charge in [-0.15, -0.1) is 0 Å². The summed E-state index contributed by atoms with van der Waals surface area (Å²) in [6, 6.07) is 0.830. The maximum Gasteiger partial charge on any atom is 0.238 e. The average molecular weight is 213 g/mol. The van der Waals surface area contributed by atoms with Gasteiger partial charge in [-0.3, -0.25) is 15.1 Å². The van der Waals surface area contributed by atoms with Crippen LogP contribution in [0.4, 0.5) is 0 Å². The SMILES string of the molecule is CC1CC(C)N(C(C)C(C)C(=O)NN)C1. The lowest BCUT2D eigenvalue weighted by molar-refractivity contribution is -0.126. The molecule has 1 fully saturated rings. The first kappa shape index (κ1) is 12.5. The second-order valence-corrected chi connectivity index (χ2v) is 4.92. The van der Waals surface area contributed by atoms with Gasteiger partial charge in [0.05, 0.1) is 5.92 Å². The molecule has 1 saturated heterocycles. The third-order valence-electron chi connectivity index (χ3n) is 3.63. The zero-order valence-corrected chi connectivity index (χ0v) is 10.2. The van der Waals surface area contributed by atoms with E-state index in [-0.39, 0.29) is 17.9 Å². The number of carbonyl (C=O) groups is 1. The van der Waals surface area contributed by atoms with E-state index in [0.717, 1.165) is 12.5 Å². The Hall–Kier alpha value is -0.610. The molecular weight excluding hydrogens is 190 g/mol. The summed E-state index contributed by atoms with van der Waals surface area (Å²) in [7, 11) is 0. The molecule has 4 atom stereocenters. The van der Waals surface area contributed by atoms with Crippen molar-refractivity contribution in [3.05, 3.63) is 0 Å². The zero-order chi connectivity index (χ0) is 11.6. The number of amides is 1. The van der Waals surface area contributed by atoms with Gasteiger partial charge in [-0.1, -0.05) is 13.8 Å². The van der Waals surface area contributed by atoms with Crippen molar-refractivity contribution in [2.75, 3.05) is 6.54 Å². The molecule has 1 aliphatic rings. The standard InChI is InChI=1S/C11H23N3O/c1-7-5-8(2)14(6-7)10(4)9(3)11(15)13-12/h7-10H,5-6,12H2,1-4H3,(H,13,15). The second-order valence-electron chi connectivity index (χ2n) is 4.92. The van der Waals surface area contributed by atoms with E-state index in [1.807, 2.05) is 6.92 Å². The van der Waals surface area contributed by atoms with Crippen molar-refractivity contribution >= 4 is 5.91 Å². The number of rotatable bonds is 3. The molecule has 0 saturated carbocycles. The van der Waals surface area contributed by atoms with Gasteiger partial charge in [-0.2, -0.15) is 0 Å². The number of nitrogens with zero attached hydrogens (tertiary/aromatic N) is 1. The smallest absolute Gasteiger partial charge is 0.238 e. The molecule has 0 aliphatic carbocycles. The first-order valence-electron chi connectivity index (χ1n) is 5.73. The molecule has 0 spiro atoms. The van der Waals surface area contributed by atoms with E-state index in [1.165, 1.54) is 6.42 Å². The molecule has 1 rings (SSSR count). The molecule has 0 aromatic heterocycles. The number of hydrogen-bond acceptors (Lipinski definition) is 3. The topological polar surface area (TPSA) is 58.4 Å². The van der Waals surface area contributed by atoms with Crippen LogP contribution in [0.3, 0.4) is 0 Å². The van der Waals surface area contributed by atoms with E-state index in [2.05, 4.69) is 31.1 Å². The fraction of sp³-hybridized carbons (Fsp3) is 0.909. The number of hydrogen-bond donors (Lipinski definition) is 2. The van der Waals surface area contributed by atoms with Crippen LogP contribution in [-0.2, 0) is 4.79 Å². The van der Waals surface area contributed by atoms with Crippen LogP contribution < -0.4 is 11.3 Å². The molecule has 4 heteroatoms. The van der Waals surface area contributed by atoms with E-state index in [1.54, 1.807) is 0 Å². The van der Waals surface area contributed by atoms with Crippen LogP contribution in [0.15, 0.2) is 0 Å². The van der Waals surface area contributed by atoms with Gasteiger partial charge >= 0.3 is 0 Å². The average Bonchev–Trinajstić information content (AvgIpc) is 2.54. The Kier molecular flexibility index (Phi) is 4.11. The number of nitrogens with one attached hydrogen (secondary N) is 1. The van der Waals surface area contributed by atoms with Gasteiger partial charge in [0.2, 0.25) is 5.91 Å². The Morgan fingerprint density at radius 1 is 1.47 bits per heavy atom. The van der Waals surface area contributed by atoms with Crippen molar-refractivity contribution in [3.63, 3.8) is 0 Å². The molecule has 0 radical (unpaired) electrons. The van der Waals surface area contributed by atoms with Crippen molar-refractivity contribution in [1.82, 2.24) is 10.3 Å². The van der Waals surface area contributed by atoms with Gasteiger partial charge in [0, 0.05) is 18.6 Å². The Morgan fingerprint density at radius 3 is 2.47 bits per heavy atom. The summed E-state index contributed by atoms with van der Waals surface area (Å²) in [5.41, 5.74) is 2.23. The highest BCUT2D eigenvalue weighted by Gasteiger charge is 2.33. The highest BCUT2D eigenvalue weighted by atomic mass is 16.2. The number of likely N-dealkylation sites (tertiary alicyclic amines) is 1. The van der Waals surface area contributed by atoms with E-state index >= 15 is 0 Å². The minimum atomic E-state index is -0.0748. The maximum absolute atomic E-state index is 11.4. The first-order valence-corrected chi connectivity index (χ1v) is 5.73. The van der Waals surface area contributed by atoms with Gasteiger partial charge < -0.3 is 0 Å². The predicted molar refractivity (Wildman–Crippen MR) is 60.9 cm³/mol. The Balaban J connectivity index is 2.60. The second kappa shape index (κ2) is 4.94. The summed E-state index contributed by atoms with van der Waals surface area (Å²) in [5, 5.41) is 0. The molecule has 1 heterocycles. The van der Waals surface area contributed by atoms with Crippen LogP contribution in [-0.4, -0.2) is 29.4 Å². The normalized spacial score (nSPS) is 31.3. The monoisotopic (exact) mass is 213 g/mol. The lowest BCUT2D eigenvalue weighted by Gasteiger charge is -2.32. The van der Waals surface area contributed by atoms with E-state index < -0.39 is 0 Å². The lowest BCUT2D eigenvalue weighted by atomic mass is 10.0. The quantitative estimate of drug-likeness (QED) is 0.413. The molecule has 1 aliphatic heterocycles. The van der Waals surface area contributed by atoms with Gasteiger partial charge in [0.1, 0.15) is 0 Å². The molecule has 1 amide bonds. The Labute approximate surface area is 92.2 Å². The number of carbonyl (C=O) groups excluding carboxylic acids is 1. The summed E-state index contributed by atoms with van der Waals surface area (Å²) in [5.74, 6) is 5.76. The van der Waals surface area contributed by atoms with Crippen LogP contribution in [0.25, 0.3) is 0 Å². The minimum Gasteiger partial charge on any atom is -0.297 e. The highest BCUT2D eigenvalue weighted by molar-refractivity contribution is 5.78. The first-order chi connectivity index (χ1) is 6.97. The molecule has 4 unspecified atom stereocenters. The van der Waals surface area contributed by atoms with E-state index in [4.69, 9.17) is 5.84 Å². The highest BCUT2D eigenvalue weighted by Crippen LogP contribution is 2.27. The molecule has 4 nitrogen and oxygen atoms in total. The summed E-state index contributed by atoms with van der Waals surface area (Å²) in [6.45, 7) is 9.62. The molecule has 0 aromatic carbocycles. The van der Waals surface area contributed by atoms with Gasteiger partial charge in [-0.05, 0) is 26.2 Å². The summed E-state index contributed by atoms with van der Waals surface area (Å²) in [4.78, 5) is 13.8. The van der Waals surface area contributed by atoms with Gasteiger partial charge in [-0.25, -0.2) is 5.84 Å². The maximum atomic E-state index is 11.4. The van der Waals surface area contributed by atoms with Crippen LogP contribution in [0.5, 0.6) is 0 Å². The predicted octanol–water partition coefficient (Wildman–Crippen LogP) is 0.731. The number of nitrogens with two attached hydrogens (primary N) is 1. The van der Waals surface area contributed by atoms with Crippen molar-refractivity contribution in [3.8, 4) is 0 Å². The molecule has 15 heavy (non-hydrogen) atoms. The third-order valence-corrected chi connectivity index (χ3v) is 3.63. The zero-order valence-electron chi connectivity index (χ0n) is 10.2. The van der Waals surface area contributed by atoms with Crippen molar-refractivity contribution in [1.29, 1.82) is 0 Å². The van der Waals surface area contributed by atoms with Crippen molar-refractivity contribution in [2.45, 2.75) is 46.2 Å². The van der Waals surface area contributed by atoms with E-state index in [9.17, 15) is 4.79 Å². The lowest BCUT2D eigenvalue weighted by Crippen LogP contribution is -2.47. The van der Waals surface area contributed by atoms with Crippen LogP contribution in [0, 0.1) is 11.8 Å². The van der Waals surface area contributed by atoms with Crippen LogP contribution in [0.1, 0.15) is 34.1 Å². The Bertz CT molecular complexity index is 232. The summed E-state index contributed by atoms with van der Waals surface area (Å²) >= 11 is 0. The largest absolute Gasteiger partial charge is 0.297 e. The van der Waals surface area contributed by atoms with Crippen molar-refractivity contribution in [2.24, 2.45) is 17.7 Å². The van der Waals surface area contributed by atoms with Crippen molar-refractivity contribution < 1.29 is 4.79 Å². The van der Waals surface area contributed by atoms with Crippen LogP contribution >= 0.6 is 0 Å². The Morgan fingerprint density at radius 2 is 2.07 bits per heavy atom. The summed E-state index contributed by atoms with van der Waals surface area (Å²) in [6.07, 6.45) is 1.22.